The summed E-state index contributed by atoms with van der Waals surface area (Å²) in [4.78, 5) is 0. The van der Waals surface area contributed by atoms with Gasteiger partial charge in [-0.2, -0.15) is 0 Å². The van der Waals surface area contributed by atoms with E-state index in [0.717, 1.165) is 74.4 Å². The average molecular weight is 821 g/mol. The highest BCUT2D eigenvalue weighted by Gasteiger charge is 2.43. The molecule has 0 saturated heterocycles. The molecular weight excluding hydrogens is 745 g/mol. The Bertz CT molecular complexity index is 1950. The van der Waals surface area contributed by atoms with Gasteiger partial charge >= 0.3 is 0 Å². The lowest BCUT2D eigenvalue weighted by atomic mass is 9.70. The topological polar surface area (TPSA) is 38.7 Å². The smallest absolute Gasteiger partial charge is 0.141 e. The third kappa shape index (κ3) is 11.5. The van der Waals surface area contributed by atoms with Crippen molar-refractivity contribution in [2.45, 2.75) is 154 Å². The molecule has 5 aromatic carbocycles. The third-order valence-electron chi connectivity index (χ3n) is 13.5. The summed E-state index contributed by atoms with van der Waals surface area (Å²) in [5, 5.41) is 13.5. The molecule has 0 aliphatic heterocycles. The second kappa shape index (κ2) is 24.0. The predicted octanol–water partition coefficient (Wildman–Crippen LogP) is 15.3. The first-order valence-corrected chi connectivity index (χ1v) is 24.4. The largest absolute Gasteiger partial charge is 0.382 e. The zero-order valence-electron chi connectivity index (χ0n) is 38.3. The molecule has 3 nitrogen and oxygen atoms in total. The molecule has 0 heterocycles. The fraction of sp³-hybridized carbons (Fsp3) is 0.483. The predicted molar refractivity (Wildman–Crippen MR) is 259 cm³/mol. The maximum Gasteiger partial charge on any atom is 0.141 e. The van der Waals surface area contributed by atoms with Crippen LogP contribution in [0.1, 0.15) is 169 Å². The minimum Gasteiger partial charge on any atom is -0.382 e. The molecule has 0 bridgehead atoms. The Morgan fingerprint density at radius 3 is 1.48 bits per heavy atom. The molecule has 61 heavy (non-hydrogen) atoms. The SMILES string of the molecule is CCCCCCCCC1(CCCCCCCC)c2ccccc2-c2ccc(-c3ccccc3C(O)(c3ccc(CCCOCC)cc3)c3ccc(CCCOCC)cc3)cc21. The van der Waals surface area contributed by atoms with Crippen LogP contribution in [0, 0.1) is 0 Å². The third-order valence-corrected chi connectivity index (χ3v) is 13.5. The Labute approximate surface area is 370 Å². The van der Waals surface area contributed by atoms with E-state index in [1.54, 1.807) is 0 Å². The number of ether oxygens (including phenoxy) is 2. The Kier molecular flexibility index (Phi) is 18.3. The van der Waals surface area contributed by atoms with E-state index < -0.39 is 5.60 Å². The molecule has 0 atom stereocenters. The number of fused-ring (bicyclic) bond motifs is 3. The monoisotopic (exact) mass is 821 g/mol. The lowest BCUT2D eigenvalue weighted by Crippen LogP contribution is -2.30. The van der Waals surface area contributed by atoms with E-state index in [-0.39, 0.29) is 5.41 Å². The van der Waals surface area contributed by atoms with Gasteiger partial charge in [0.2, 0.25) is 0 Å². The van der Waals surface area contributed by atoms with Crippen LogP contribution in [0.2, 0.25) is 0 Å². The summed E-state index contributed by atoms with van der Waals surface area (Å²) in [5.41, 5.74) is 11.9. The van der Waals surface area contributed by atoms with Crippen LogP contribution < -0.4 is 0 Å². The standard InChI is InChI=1S/C58H76O3/c1-5-9-11-13-15-21-41-57(42-22-16-14-12-10-6-2)54-29-19-18-28-52(54)53-40-35-48(45-56(53)57)51-27-17-20-30-55(51)58(59,49-36-31-46(32-37-49)25-23-43-60-7-3)50-38-33-47(34-39-50)26-24-44-61-8-4/h17-20,27-40,45,59H,5-16,21-26,41-44H2,1-4H3. The van der Waals surface area contributed by atoms with Gasteiger partial charge in [-0.25, -0.2) is 0 Å². The quantitative estimate of drug-likeness (QED) is 0.0403. The highest BCUT2D eigenvalue weighted by Crippen LogP contribution is 2.55. The van der Waals surface area contributed by atoms with Crippen molar-refractivity contribution in [3.05, 3.63) is 154 Å². The summed E-state index contributed by atoms with van der Waals surface area (Å²) in [6.45, 7) is 11.7. The van der Waals surface area contributed by atoms with Crippen molar-refractivity contribution in [2.75, 3.05) is 26.4 Å². The molecule has 5 aromatic rings. The second-order valence-corrected chi connectivity index (χ2v) is 17.7. The van der Waals surface area contributed by atoms with Gasteiger partial charge in [0, 0.05) is 37.4 Å². The Hall–Kier alpha value is -4.02. The molecular formula is C58H76O3. The molecule has 0 saturated carbocycles. The Morgan fingerprint density at radius 1 is 0.459 bits per heavy atom. The Balaban J connectivity index is 1.42. The van der Waals surface area contributed by atoms with Crippen LogP contribution >= 0.6 is 0 Å². The number of hydrogen-bond acceptors (Lipinski definition) is 3. The molecule has 1 aliphatic rings. The summed E-state index contributed by atoms with van der Waals surface area (Å²) in [7, 11) is 0. The fourth-order valence-corrected chi connectivity index (χ4v) is 10.1. The fourth-order valence-electron chi connectivity index (χ4n) is 10.1. The summed E-state index contributed by atoms with van der Waals surface area (Å²) in [6, 6.07) is 42.6. The van der Waals surface area contributed by atoms with Gasteiger partial charge in [-0.1, -0.05) is 200 Å². The van der Waals surface area contributed by atoms with Crippen LogP contribution in [-0.4, -0.2) is 31.5 Å². The van der Waals surface area contributed by atoms with Crippen LogP contribution in [0.5, 0.6) is 0 Å². The summed E-state index contributed by atoms with van der Waals surface area (Å²) in [5.74, 6) is 0. The number of aliphatic hydroxyl groups is 1. The molecule has 326 valence electrons. The first-order chi connectivity index (χ1) is 30.0. The van der Waals surface area contributed by atoms with Gasteiger partial charge < -0.3 is 14.6 Å². The lowest BCUT2D eigenvalue weighted by Gasteiger charge is -2.34. The first-order valence-electron chi connectivity index (χ1n) is 24.4. The van der Waals surface area contributed by atoms with Crippen molar-refractivity contribution in [3.8, 4) is 22.3 Å². The van der Waals surface area contributed by atoms with Crippen molar-refractivity contribution >= 4 is 0 Å². The van der Waals surface area contributed by atoms with E-state index in [1.807, 2.05) is 13.8 Å². The van der Waals surface area contributed by atoms with Gasteiger partial charge in [0.15, 0.2) is 0 Å². The van der Waals surface area contributed by atoms with E-state index in [4.69, 9.17) is 9.47 Å². The van der Waals surface area contributed by atoms with Crippen molar-refractivity contribution < 1.29 is 14.6 Å². The van der Waals surface area contributed by atoms with Crippen LogP contribution in [0.15, 0.2) is 115 Å². The normalized spacial score (nSPS) is 13.1. The van der Waals surface area contributed by atoms with Crippen LogP contribution in [0.25, 0.3) is 22.3 Å². The maximum atomic E-state index is 13.5. The van der Waals surface area contributed by atoms with E-state index in [2.05, 4.69) is 129 Å². The molecule has 1 aliphatic carbocycles. The number of hydrogen-bond donors (Lipinski definition) is 1. The number of aryl methyl sites for hydroxylation is 2. The summed E-state index contributed by atoms with van der Waals surface area (Å²) in [6.07, 6.45) is 21.8. The van der Waals surface area contributed by atoms with Gasteiger partial charge in [-0.3, -0.25) is 0 Å². The minimum absolute atomic E-state index is 0.0152. The first kappa shape index (κ1) is 46.5. The average Bonchev–Trinajstić information content (AvgIpc) is 3.57. The van der Waals surface area contributed by atoms with Crippen molar-refractivity contribution in [3.63, 3.8) is 0 Å². The minimum atomic E-state index is -1.37. The molecule has 6 rings (SSSR count). The maximum absolute atomic E-state index is 13.5. The van der Waals surface area contributed by atoms with Crippen molar-refractivity contribution in [2.24, 2.45) is 0 Å². The number of benzene rings is 5. The van der Waals surface area contributed by atoms with E-state index in [0.29, 0.717) is 0 Å². The number of rotatable bonds is 28. The zero-order chi connectivity index (χ0) is 42.8. The molecule has 0 aromatic heterocycles. The van der Waals surface area contributed by atoms with Gasteiger partial charge in [-0.05, 0) is 114 Å². The molecule has 0 radical (unpaired) electrons. The van der Waals surface area contributed by atoms with Gasteiger partial charge in [0.05, 0.1) is 0 Å². The van der Waals surface area contributed by atoms with E-state index >= 15 is 0 Å². The molecule has 0 fully saturated rings. The van der Waals surface area contributed by atoms with Gasteiger partial charge in [-0.15, -0.1) is 0 Å². The van der Waals surface area contributed by atoms with Crippen molar-refractivity contribution in [1.82, 2.24) is 0 Å². The molecule has 0 amide bonds. The summed E-state index contributed by atoms with van der Waals surface area (Å²) < 4.78 is 11.3. The summed E-state index contributed by atoms with van der Waals surface area (Å²) >= 11 is 0. The molecule has 0 spiro atoms. The van der Waals surface area contributed by atoms with E-state index in [1.165, 1.54) is 129 Å². The molecule has 0 unspecified atom stereocenters. The zero-order valence-corrected chi connectivity index (χ0v) is 38.3. The van der Waals surface area contributed by atoms with Crippen LogP contribution in [0.4, 0.5) is 0 Å². The van der Waals surface area contributed by atoms with Crippen molar-refractivity contribution in [1.29, 1.82) is 0 Å². The molecule has 3 heteroatoms. The lowest BCUT2D eigenvalue weighted by molar-refractivity contribution is 0.126. The number of unbranched alkanes of at least 4 members (excludes halogenated alkanes) is 10. The van der Waals surface area contributed by atoms with Crippen LogP contribution in [-0.2, 0) is 33.3 Å². The highest BCUT2D eigenvalue weighted by atomic mass is 16.5. The Morgan fingerprint density at radius 2 is 0.934 bits per heavy atom. The van der Waals surface area contributed by atoms with E-state index in [9.17, 15) is 5.11 Å². The van der Waals surface area contributed by atoms with Gasteiger partial charge in [0.25, 0.3) is 0 Å². The second-order valence-electron chi connectivity index (χ2n) is 17.7. The van der Waals surface area contributed by atoms with Gasteiger partial charge in [0.1, 0.15) is 5.60 Å². The van der Waals surface area contributed by atoms with Crippen LogP contribution in [0.3, 0.4) is 0 Å². The molecule has 1 N–H and O–H groups in total. The highest BCUT2D eigenvalue weighted by molar-refractivity contribution is 5.85.